The van der Waals surface area contributed by atoms with Crippen molar-refractivity contribution in [3.8, 4) is 11.1 Å². The van der Waals surface area contributed by atoms with Gasteiger partial charge >= 0.3 is 6.09 Å². The summed E-state index contributed by atoms with van der Waals surface area (Å²) in [6.45, 7) is 7.91. The Labute approximate surface area is 235 Å². The Morgan fingerprint density at radius 2 is 1.50 bits per heavy atom. The van der Waals surface area contributed by atoms with Gasteiger partial charge in [-0.15, -0.1) is 0 Å². The number of nitrogens with zero attached hydrogens (tertiary/aromatic N) is 1. The lowest BCUT2D eigenvalue weighted by atomic mass is 9.98. The number of fused-ring (bicyclic) bond motifs is 3. The van der Waals surface area contributed by atoms with Crippen LogP contribution in [0.15, 0.2) is 77.9 Å². The highest BCUT2D eigenvalue weighted by Crippen LogP contribution is 2.44. The van der Waals surface area contributed by atoms with Gasteiger partial charge in [0.15, 0.2) is 0 Å². The van der Waals surface area contributed by atoms with Crippen molar-refractivity contribution in [3.05, 3.63) is 95.1 Å². The number of benzene rings is 3. The Morgan fingerprint density at radius 3 is 2.10 bits per heavy atom. The van der Waals surface area contributed by atoms with Gasteiger partial charge in [-0.25, -0.2) is 10.2 Å². The number of ether oxygens (including phenoxy) is 1. The lowest BCUT2D eigenvalue weighted by Gasteiger charge is -2.20. The molecule has 3 N–H and O–H groups in total. The molecule has 1 aliphatic carbocycles. The first kappa shape index (κ1) is 28.5. The number of amides is 3. The summed E-state index contributed by atoms with van der Waals surface area (Å²) < 4.78 is 5.62. The van der Waals surface area contributed by atoms with Gasteiger partial charge in [-0.3, -0.25) is 9.59 Å². The predicted molar refractivity (Wildman–Crippen MR) is 156 cm³/mol. The van der Waals surface area contributed by atoms with E-state index in [4.69, 9.17) is 4.74 Å². The first-order valence-electron chi connectivity index (χ1n) is 13.5. The maximum Gasteiger partial charge on any atom is 0.407 e. The van der Waals surface area contributed by atoms with Crippen LogP contribution >= 0.6 is 0 Å². The van der Waals surface area contributed by atoms with E-state index in [0.717, 1.165) is 33.4 Å². The second-order valence-corrected chi connectivity index (χ2v) is 10.5. The molecular formula is C32H36N4O4. The highest BCUT2D eigenvalue weighted by molar-refractivity contribution is 6.37. The van der Waals surface area contributed by atoms with Crippen molar-refractivity contribution < 1.29 is 19.1 Å². The first-order valence-corrected chi connectivity index (χ1v) is 13.5. The van der Waals surface area contributed by atoms with Gasteiger partial charge in [0.05, 0.1) is 0 Å². The molecule has 3 aromatic rings. The molecule has 0 heterocycles. The molecule has 0 saturated heterocycles. The topological polar surface area (TPSA) is 109 Å². The molecule has 40 heavy (non-hydrogen) atoms. The van der Waals surface area contributed by atoms with Crippen molar-refractivity contribution in [3.63, 3.8) is 0 Å². The molecule has 0 saturated carbocycles. The summed E-state index contributed by atoms with van der Waals surface area (Å²) in [6.07, 6.45) is -0.302. The number of nitrogens with one attached hydrogen (secondary N) is 3. The van der Waals surface area contributed by atoms with Gasteiger partial charge in [-0.2, -0.15) is 5.10 Å². The maximum absolute atomic E-state index is 12.9. The van der Waals surface area contributed by atoms with Crippen molar-refractivity contribution >= 4 is 23.6 Å². The highest BCUT2D eigenvalue weighted by Gasteiger charge is 2.30. The zero-order valence-corrected chi connectivity index (χ0v) is 23.4. The fraction of sp³-hybridized carbons (Fsp3) is 0.312. The van der Waals surface area contributed by atoms with E-state index in [1.165, 1.54) is 6.92 Å². The number of hydrogen-bond acceptors (Lipinski definition) is 5. The molecule has 4 rings (SSSR count). The van der Waals surface area contributed by atoms with Crippen LogP contribution in [-0.4, -0.2) is 36.3 Å². The van der Waals surface area contributed by atoms with Gasteiger partial charge in [0, 0.05) is 12.5 Å². The zero-order valence-electron chi connectivity index (χ0n) is 23.4. The summed E-state index contributed by atoms with van der Waals surface area (Å²) >= 11 is 0. The highest BCUT2D eigenvalue weighted by atomic mass is 16.5. The zero-order chi connectivity index (χ0) is 28.6. The number of carbonyl (C=O) groups is 3. The second kappa shape index (κ2) is 13.1. The minimum atomic E-state index is -0.872. The standard InChI is InChI=1S/C32H36N4O4/c1-20(2)17-29(31(38)36-35-22(4)30(37)33-18-23-15-13-21(3)14-16-23)34-32(39)40-19-28-26-11-7-5-9-24(26)25-10-6-8-12-27(25)28/h5-16,20,28-29H,17-19H2,1-4H3,(H,33,37)(H,34,39)(H,36,38)/b35-22-/t29-/m0/s1. The molecule has 0 spiro atoms. The van der Waals surface area contributed by atoms with Gasteiger partial charge in [0.25, 0.3) is 11.8 Å². The number of hydrogen-bond donors (Lipinski definition) is 3. The third-order valence-corrected chi connectivity index (χ3v) is 6.90. The summed E-state index contributed by atoms with van der Waals surface area (Å²) in [4.78, 5) is 38.1. The molecule has 0 aromatic heterocycles. The van der Waals surface area contributed by atoms with E-state index < -0.39 is 23.9 Å². The summed E-state index contributed by atoms with van der Waals surface area (Å²) in [5.74, 6) is -0.882. The summed E-state index contributed by atoms with van der Waals surface area (Å²) in [5.41, 5.74) is 9.12. The van der Waals surface area contributed by atoms with Gasteiger partial charge < -0.3 is 15.4 Å². The predicted octanol–water partition coefficient (Wildman–Crippen LogP) is 5.06. The molecule has 0 aliphatic heterocycles. The molecule has 8 heteroatoms. The van der Waals surface area contributed by atoms with E-state index in [1.54, 1.807) is 0 Å². The Bertz CT molecular complexity index is 1350. The monoisotopic (exact) mass is 540 g/mol. The number of aryl methyl sites for hydroxylation is 1. The van der Waals surface area contributed by atoms with Crippen LogP contribution < -0.4 is 16.1 Å². The van der Waals surface area contributed by atoms with E-state index in [2.05, 4.69) is 33.3 Å². The van der Waals surface area contributed by atoms with Crippen LogP contribution in [0.2, 0.25) is 0 Å². The number of carbonyl (C=O) groups excluding carboxylic acids is 3. The first-order chi connectivity index (χ1) is 19.2. The fourth-order valence-electron chi connectivity index (χ4n) is 4.77. The Morgan fingerprint density at radius 1 is 0.900 bits per heavy atom. The second-order valence-electron chi connectivity index (χ2n) is 10.5. The van der Waals surface area contributed by atoms with Crippen molar-refractivity contribution in [2.24, 2.45) is 11.0 Å². The molecule has 8 nitrogen and oxygen atoms in total. The van der Waals surface area contributed by atoms with Gasteiger partial charge in [-0.1, -0.05) is 92.2 Å². The minimum Gasteiger partial charge on any atom is -0.449 e. The molecule has 0 bridgehead atoms. The Hall–Kier alpha value is -4.46. The average Bonchev–Trinajstić information content (AvgIpc) is 3.27. The molecule has 1 atom stereocenters. The van der Waals surface area contributed by atoms with Gasteiger partial charge in [0.1, 0.15) is 18.4 Å². The summed E-state index contributed by atoms with van der Waals surface area (Å²) in [6, 6.07) is 23.1. The van der Waals surface area contributed by atoms with Crippen molar-refractivity contribution in [2.75, 3.05) is 6.61 Å². The molecule has 208 valence electrons. The van der Waals surface area contributed by atoms with Crippen LogP contribution in [0.1, 0.15) is 55.4 Å². The largest absolute Gasteiger partial charge is 0.449 e. The molecule has 0 unspecified atom stereocenters. The third-order valence-electron chi connectivity index (χ3n) is 6.90. The number of alkyl carbamates (subject to hydrolysis) is 1. The third kappa shape index (κ3) is 7.14. The van der Waals surface area contributed by atoms with Crippen LogP contribution in [0.5, 0.6) is 0 Å². The van der Waals surface area contributed by atoms with E-state index in [0.29, 0.717) is 13.0 Å². The van der Waals surface area contributed by atoms with Gasteiger partial charge in [0.2, 0.25) is 0 Å². The summed E-state index contributed by atoms with van der Waals surface area (Å²) in [7, 11) is 0. The average molecular weight is 541 g/mol. The van der Waals surface area contributed by atoms with Crippen molar-refractivity contribution in [1.82, 2.24) is 16.1 Å². The number of rotatable bonds is 10. The molecular weight excluding hydrogens is 504 g/mol. The Kier molecular flexibility index (Phi) is 9.32. The van der Waals surface area contributed by atoms with Crippen molar-refractivity contribution in [2.45, 2.75) is 52.6 Å². The smallest absolute Gasteiger partial charge is 0.407 e. The number of hydrazone groups is 1. The SMILES string of the molecule is C/C(=N/NC(=O)[C@H](CC(C)C)NC(=O)OCC1c2ccccc2-c2ccccc21)C(=O)NCc1ccc(C)cc1. The van der Waals surface area contributed by atoms with Crippen LogP contribution in [-0.2, 0) is 20.9 Å². The van der Waals surface area contributed by atoms with Crippen LogP contribution in [0.4, 0.5) is 4.79 Å². The van der Waals surface area contributed by atoms with Gasteiger partial charge in [-0.05, 0) is 54.0 Å². The summed E-state index contributed by atoms with van der Waals surface area (Å²) in [5, 5.41) is 9.42. The van der Waals surface area contributed by atoms with E-state index in [9.17, 15) is 14.4 Å². The quantitative estimate of drug-likeness (QED) is 0.247. The molecule has 0 radical (unpaired) electrons. The Balaban J connectivity index is 1.32. The van der Waals surface area contributed by atoms with Crippen molar-refractivity contribution in [1.29, 1.82) is 0 Å². The van der Waals surface area contributed by atoms with E-state index >= 15 is 0 Å². The minimum absolute atomic E-state index is 0.0822. The van der Waals surface area contributed by atoms with Crippen LogP contribution in [0.3, 0.4) is 0 Å². The molecule has 3 aromatic carbocycles. The lowest BCUT2D eigenvalue weighted by molar-refractivity contribution is -0.123. The molecule has 3 amide bonds. The van der Waals surface area contributed by atoms with Crippen LogP contribution in [0, 0.1) is 12.8 Å². The van der Waals surface area contributed by atoms with Crippen LogP contribution in [0.25, 0.3) is 11.1 Å². The van der Waals surface area contributed by atoms with E-state index in [1.807, 2.05) is 81.4 Å². The molecule has 0 fully saturated rings. The molecule has 1 aliphatic rings. The maximum atomic E-state index is 12.9. The lowest BCUT2D eigenvalue weighted by Crippen LogP contribution is -2.47. The van der Waals surface area contributed by atoms with E-state index in [-0.39, 0.29) is 24.2 Å². The fourth-order valence-corrected chi connectivity index (χ4v) is 4.77. The normalized spacial score (nSPS) is 13.3.